The van der Waals surface area contributed by atoms with Crippen LogP contribution in [0.25, 0.3) is 10.1 Å². The van der Waals surface area contributed by atoms with E-state index in [1.165, 1.54) is 17.4 Å². The minimum atomic E-state index is -4.84. The predicted octanol–water partition coefficient (Wildman–Crippen LogP) is 5.33. The average Bonchev–Trinajstić information content (AvgIpc) is 3.74. The summed E-state index contributed by atoms with van der Waals surface area (Å²) in [5, 5.41) is 12.3. The Hall–Kier alpha value is -5.78. The van der Waals surface area contributed by atoms with Crippen molar-refractivity contribution >= 4 is 51.5 Å². The number of quaternary nitrogens is 1. The second kappa shape index (κ2) is 24.9. The number of nitrogens with one attached hydrogen (secondary N) is 3. The van der Waals surface area contributed by atoms with Gasteiger partial charge in [0, 0.05) is 43.1 Å². The van der Waals surface area contributed by atoms with Gasteiger partial charge in [-0.1, -0.05) is 24.3 Å². The van der Waals surface area contributed by atoms with Crippen molar-refractivity contribution in [3.63, 3.8) is 0 Å². The van der Waals surface area contributed by atoms with E-state index in [1.54, 1.807) is 50.6 Å². The van der Waals surface area contributed by atoms with Crippen LogP contribution >= 0.6 is 18.9 Å². The normalized spacial score (nSPS) is 12.9. The molecule has 2 unspecified atom stereocenters. The van der Waals surface area contributed by atoms with Crippen LogP contribution in [0.4, 0.5) is 9.18 Å². The molecule has 0 saturated carbocycles. The lowest BCUT2D eigenvalue weighted by Crippen LogP contribution is -3.12. The first-order valence-electron chi connectivity index (χ1n) is 20.0. The molecule has 0 spiro atoms. The number of hydrogen-bond donors (Lipinski definition) is 3. The number of sulfonamides is 1. The second-order valence-corrected chi connectivity index (χ2v) is 18.8. The number of alkyl carbamates (subject to hydrolysis) is 1. The SMILES string of the molecule is COc1ccc(COOC=NCCC[NH+](CCCNC(=O)OCc2ccc(OC)cc2)CCCOc2ccc3sc(S(=O)(=O)NCP(=O)([O-])Oc4ccc(C#N)c(F)c4)cc3c2)cc1. The molecule has 5 rings (SSSR count). The third kappa shape index (κ3) is 16.4. The summed E-state index contributed by atoms with van der Waals surface area (Å²) >= 11 is 0.946. The zero-order chi connectivity index (χ0) is 45.8. The van der Waals surface area contributed by atoms with E-state index in [0.717, 1.165) is 72.5 Å². The Morgan fingerprint density at radius 1 is 0.891 bits per heavy atom. The van der Waals surface area contributed by atoms with Crippen molar-refractivity contribution in [2.45, 2.75) is 36.7 Å². The van der Waals surface area contributed by atoms with Crippen molar-refractivity contribution < 1.29 is 65.2 Å². The van der Waals surface area contributed by atoms with Gasteiger partial charge in [0.15, 0.2) is 7.60 Å². The third-order valence-electron chi connectivity index (χ3n) is 9.32. The third-order valence-corrected chi connectivity index (χ3v) is 13.6. The van der Waals surface area contributed by atoms with Crippen LogP contribution in [0.5, 0.6) is 23.0 Å². The summed E-state index contributed by atoms with van der Waals surface area (Å²) in [6.45, 7) is 4.02. The van der Waals surface area contributed by atoms with Crippen LogP contribution in [0.2, 0.25) is 0 Å². The molecule has 4 aromatic carbocycles. The van der Waals surface area contributed by atoms with Gasteiger partial charge in [-0.3, -0.25) is 9.56 Å². The van der Waals surface area contributed by atoms with Gasteiger partial charge in [-0.05, 0) is 77.2 Å². The van der Waals surface area contributed by atoms with Gasteiger partial charge < -0.3 is 43.5 Å². The Kier molecular flexibility index (Phi) is 19.2. The van der Waals surface area contributed by atoms with Crippen molar-refractivity contribution in [3.05, 3.63) is 114 Å². The lowest BCUT2D eigenvalue weighted by molar-refractivity contribution is -0.900. The van der Waals surface area contributed by atoms with Crippen LogP contribution in [0.3, 0.4) is 0 Å². The molecule has 0 radical (unpaired) electrons. The number of ether oxygens (including phenoxy) is 4. The number of nitrogens with zero attached hydrogens (tertiary/aromatic N) is 2. The zero-order valence-corrected chi connectivity index (χ0v) is 37.7. The second-order valence-electron chi connectivity index (χ2n) is 14.0. The van der Waals surface area contributed by atoms with Gasteiger partial charge in [0.1, 0.15) is 52.3 Å². The fourth-order valence-corrected chi connectivity index (χ4v) is 9.88. The number of aliphatic imine (C=N–C) groups is 1. The minimum absolute atomic E-state index is 0.125. The maximum Gasteiger partial charge on any atom is 0.407 e. The number of benzene rings is 4. The number of carbonyl (C=O) groups is 1. The number of fused-ring (bicyclic) bond motifs is 1. The highest BCUT2D eigenvalue weighted by molar-refractivity contribution is 7.92. The molecule has 0 aliphatic heterocycles. The highest BCUT2D eigenvalue weighted by Crippen LogP contribution is 2.38. The molecule has 5 aromatic rings. The Bertz CT molecular complexity index is 2500. The highest BCUT2D eigenvalue weighted by atomic mass is 32.2. The molecule has 0 aliphatic rings. The van der Waals surface area contributed by atoms with Crippen molar-refractivity contribution in [1.29, 1.82) is 5.26 Å². The molecule has 64 heavy (non-hydrogen) atoms. The summed E-state index contributed by atoms with van der Waals surface area (Å²) in [5.74, 6) is 0.617. The predicted molar refractivity (Wildman–Crippen MR) is 235 cm³/mol. The molecule has 0 aliphatic carbocycles. The summed E-state index contributed by atoms with van der Waals surface area (Å²) in [6.07, 6.45) is 1.84. The minimum Gasteiger partial charge on any atom is -0.768 e. The Morgan fingerprint density at radius 2 is 1.55 bits per heavy atom. The number of hydrogen-bond acceptors (Lipinski definition) is 15. The van der Waals surface area contributed by atoms with E-state index in [-0.39, 0.29) is 23.0 Å². The fourth-order valence-electron chi connectivity index (χ4n) is 5.99. The maximum absolute atomic E-state index is 13.9. The Morgan fingerprint density at radius 3 is 2.23 bits per heavy atom. The molecular formula is C43H49FN5O12PS2. The van der Waals surface area contributed by atoms with E-state index in [1.807, 2.05) is 41.1 Å². The molecule has 21 heteroatoms. The van der Waals surface area contributed by atoms with E-state index in [0.29, 0.717) is 54.1 Å². The zero-order valence-electron chi connectivity index (χ0n) is 35.2. The van der Waals surface area contributed by atoms with Gasteiger partial charge in [0.25, 0.3) is 10.0 Å². The van der Waals surface area contributed by atoms with Crippen LogP contribution in [0.1, 0.15) is 36.0 Å². The highest BCUT2D eigenvalue weighted by Gasteiger charge is 2.22. The number of methoxy groups -OCH3 is 2. The van der Waals surface area contributed by atoms with Crippen molar-refractivity contribution in [2.75, 3.05) is 59.8 Å². The first-order chi connectivity index (χ1) is 30.9. The van der Waals surface area contributed by atoms with Gasteiger partial charge >= 0.3 is 6.09 Å². The van der Waals surface area contributed by atoms with Crippen LogP contribution in [-0.2, 0) is 42.3 Å². The largest absolute Gasteiger partial charge is 0.768 e. The van der Waals surface area contributed by atoms with Crippen LogP contribution in [-0.4, -0.2) is 80.7 Å². The van der Waals surface area contributed by atoms with E-state index in [2.05, 4.69) is 10.3 Å². The number of thiophene rings is 1. The van der Waals surface area contributed by atoms with Gasteiger partial charge in [-0.15, -0.1) is 11.3 Å². The Balaban J connectivity index is 1.07. The molecule has 3 N–H and O–H groups in total. The van der Waals surface area contributed by atoms with E-state index < -0.39 is 41.6 Å². The average molecular weight is 942 g/mol. The first-order valence-corrected chi connectivity index (χ1v) is 24.0. The number of nitriles is 1. The van der Waals surface area contributed by atoms with Crippen molar-refractivity contribution in [2.24, 2.45) is 4.99 Å². The lowest BCUT2D eigenvalue weighted by atomic mass is 10.2. The fraction of sp³-hybridized carbons (Fsp3) is 0.326. The van der Waals surface area contributed by atoms with E-state index in [4.69, 9.17) is 38.5 Å². The molecule has 342 valence electrons. The van der Waals surface area contributed by atoms with Gasteiger partial charge in [-0.2, -0.15) is 10.1 Å². The standard InChI is InChI=1S/C43H49FN5O12PS2/c1-55-36-11-6-32(7-12-36)28-58-43(50)47-19-4-21-49(20-3-18-46-30-60-59-29-33-8-13-37(56-2)14-9-33)22-5-23-57-38-16-17-41-35(24-38)25-42(63-41)64(53,54)48-31-62(51,52)61-39-15-10-34(27-45)40(44)26-39/h6-17,24-26,30,48H,3-5,18-23,28-29,31H2,1-2H3,(H,47,50)(H,51,52). The lowest BCUT2D eigenvalue weighted by Gasteiger charge is -2.24. The van der Waals surface area contributed by atoms with Crippen molar-refractivity contribution in [1.82, 2.24) is 10.0 Å². The molecular weight excluding hydrogens is 893 g/mol. The van der Waals surface area contributed by atoms with Crippen molar-refractivity contribution in [3.8, 4) is 29.1 Å². The van der Waals surface area contributed by atoms with E-state index >= 15 is 0 Å². The quantitative estimate of drug-likeness (QED) is 0.0152. The first kappa shape index (κ1) is 49.2. The molecule has 2 atom stereocenters. The molecule has 1 aromatic heterocycles. The number of amides is 1. The smallest absolute Gasteiger partial charge is 0.407 e. The molecule has 0 bridgehead atoms. The monoisotopic (exact) mass is 941 g/mol. The van der Waals surface area contributed by atoms with Gasteiger partial charge in [0.2, 0.25) is 6.40 Å². The van der Waals surface area contributed by atoms with Crippen LogP contribution in [0.15, 0.2) is 100 Å². The molecule has 1 amide bonds. The number of halogens is 1. The van der Waals surface area contributed by atoms with E-state index in [9.17, 15) is 27.1 Å². The molecule has 17 nitrogen and oxygen atoms in total. The number of carbonyl (C=O) groups excluding carboxylic acids is 1. The number of rotatable bonds is 27. The summed E-state index contributed by atoms with van der Waals surface area (Å²) in [6, 6.07) is 25.7. The maximum atomic E-state index is 13.9. The summed E-state index contributed by atoms with van der Waals surface area (Å²) < 4.78 is 81.6. The van der Waals surface area contributed by atoms with Gasteiger partial charge in [0.05, 0.1) is 52.3 Å². The molecule has 0 saturated heterocycles. The van der Waals surface area contributed by atoms with Crippen LogP contribution < -0.4 is 38.6 Å². The summed E-state index contributed by atoms with van der Waals surface area (Å²) in [4.78, 5) is 40.7. The molecule has 1 heterocycles. The van der Waals surface area contributed by atoms with Gasteiger partial charge in [-0.25, -0.2) is 22.3 Å². The summed E-state index contributed by atoms with van der Waals surface area (Å²) in [7, 11) is -5.93. The Labute approximate surface area is 374 Å². The van der Waals surface area contributed by atoms with Crippen LogP contribution in [0, 0.1) is 17.1 Å². The summed E-state index contributed by atoms with van der Waals surface area (Å²) in [5.41, 5.74) is 1.46. The molecule has 0 fully saturated rings. The topological polar surface area (TPSA) is 221 Å².